The summed E-state index contributed by atoms with van der Waals surface area (Å²) in [6.45, 7) is 3.02. The van der Waals surface area contributed by atoms with Crippen LogP contribution in [0.5, 0.6) is 0 Å². The highest BCUT2D eigenvalue weighted by atomic mass is 16.5. The molecule has 2 aromatic rings. The number of amides is 2. The lowest BCUT2D eigenvalue weighted by atomic mass is 10.2. The lowest BCUT2D eigenvalue weighted by molar-refractivity contribution is -0.130. The fourth-order valence-corrected chi connectivity index (χ4v) is 2.84. The lowest BCUT2D eigenvalue weighted by Gasteiger charge is -2.10. The van der Waals surface area contributed by atoms with E-state index >= 15 is 0 Å². The van der Waals surface area contributed by atoms with Gasteiger partial charge < -0.3 is 19.4 Å². The third-order valence-corrected chi connectivity index (χ3v) is 4.14. The number of carbonyl (C=O) groups excluding carboxylic acids is 2. The molecule has 1 atom stereocenters. The molecule has 3 rings (SSSR count). The van der Waals surface area contributed by atoms with Crippen molar-refractivity contribution in [1.29, 1.82) is 0 Å². The van der Waals surface area contributed by atoms with Crippen LogP contribution < -0.4 is 10.6 Å². The monoisotopic (exact) mass is 346 g/mol. The summed E-state index contributed by atoms with van der Waals surface area (Å²) in [6.07, 6.45) is 0.828. The number of anilines is 1. The largest absolute Gasteiger partial charge is 0.450 e. The van der Waals surface area contributed by atoms with Gasteiger partial charge >= 0.3 is 6.09 Å². The zero-order valence-corrected chi connectivity index (χ0v) is 14.4. The number of hydrogen-bond donors (Lipinski definition) is 2. The van der Waals surface area contributed by atoms with E-state index in [1.807, 2.05) is 17.7 Å². The predicted molar refractivity (Wildman–Crippen MR) is 92.2 cm³/mol. The van der Waals surface area contributed by atoms with Crippen LogP contribution in [0.2, 0.25) is 0 Å². The molecule has 0 aliphatic carbocycles. The van der Waals surface area contributed by atoms with Gasteiger partial charge in [0, 0.05) is 19.3 Å². The molecule has 1 aliphatic heterocycles. The van der Waals surface area contributed by atoms with Gasteiger partial charge in [0.25, 0.3) is 0 Å². The third kappa shape index (κ3) is 3.90. The third-order valence-electron chi connectivity index (χ3n) is 4.14. The van der Waals surface area contributed by atoms with Crippen molar-refractivity contribution in [2.24, 2.45) is 7.05 Å². The van der Waals surface area contributed by atoms with Gasteiger partial charge in [0.15, 0.2) is 0 Å². The number of aryl methyl sites for hydroxylation is 1. The number of aromatic nitrogens is 2. The molecule has 1 aromatic heterocycles. The van der Waals surface area contributed by atoms with E-state index in [0.29, 0.717) is 25.4 Å². The minimum Gasteiger partial charge on any atom is -0.450 e. The molecule has 0 bridgehead atoms. The van der Waals surface area contributed by atoms with Gasteiger partial charge in [0.05, 0.1) is 24.2 Å². The van der Waals surface area contributed by atoms with E-state index in [2.05, 4.69) is 15.6 Å². The van der Waals surface area contributed by atoms with Crippen LogP contribution in [0.4, 0.5) is 10.5 Å². The number of imidazole rings is 1. The molecule has 1 unspecified atom stereocenters. The van der Waals surface area contributed by atoms with Crippen molar-refractivity contribution < 1.29 is 19.1 Å². The molecule has 8 nitrogen and oxygen atoms in total. The van der Waals surface area contributed by atoms with Crippen molar-refractivity contribution in [2.75, 3.05) is 18.5 Å². The summed E-state index contributed by atoms with van der Waals surface area (Å²) in [5.41, 5.74) is 2.26. The van der Waals surface area contributed by atoms with Crippen molar-refractivity contribution >= 4 is 28.7 Å². The fourth-order valence-electron chi connectivity index (χ4n) is 2.84. The Bertz CT molecular complexity index is 780. The second kappa shape index (κ2) is 7.52. The zero-order chi connectivity index (χ0) is 17.8. The predicted octanol–water partition coefficient (Wildman–Crippen LogP) is 1.94. The van der Waals surface area contributed by atoms with Crippen LogP contribution in [0.25, 0.3) is 11.0 Å². The van der Waals surface area contributed by atoms with Crippen LogP contribution >= 0.6 is 0 Å². The Hall–Kier alpha value is -2.61. The summed E-state index contributed by atoms with van der Waals surface area (Å²) in [6, 6.07) is 5.43. The molecule has 8 heteroatoms. The topological polar surface area (TPSA) is 94.5 Å². The Morgan fingerprint density at radius 1 is 1.44 bits per heavy atom. The van der Waals surface area contributed by atoms with Crippen molar-refractivity contribution in [3.63, 3.8) is 0 Å². The molecule has 25 heavy (non-hydrogen) atoms. The number of benzene rings is 1. The molecule has 2 heterocycles. The minimum absolute atomic E-state index is 0.103. The minimum atomic E-state index is -0.498. The molecule has 1 fully saturated rings. The molecule has 0 spiro atoms. The molecule has 134 valence electrons. The van der Waals surface area contributed by atoms with E-state index in [1.165, 1.54) is 0 Å². The van der Waals surface area contributed by atoms with Crippen LogP contribution in [0.15, 0.2) is 18.2 Å². The van der Waals surface area contributed by atoms with Gasteiger partial charge in [0.2, 0.25) is 5.91 Å². The van der Waals surface area contributed by atoms with E-state index in [1.54, 1.807) is 19.1 Å². The van der Waals surface area contributed by atoms with E-state index in [4.69, 9.17) is 9.47 Å². The number of hydrogen-bond acceptors (Lipinski definition) is 5. The van der Waals surface area contributed by atoms with E-state index in [0.717, 1.165) is 29.7 Å². The Kier molecular flexibility index (Phi) is 5.18. The highest BCUT2D eigenvalue weighted by Crippen LogP contribution is 2.20. The van der Waals surface area contributed by atoms with Crippen LogP contribution in [-0.2, 0) is 27.9 Å². The number of fused-ring (bicyclic) bond motifs is 1. The SMILES string of the molecule is CCOC(=O)Nc1ccc2c(c1)nc(CNC(=O)C1CCCO1)n2C. The first-order chi connectivity index (χ1) is 12.1. The summed E-state index contributed by atoms with van der Waals surface area (Å²) < 4.78 is 12.2. The first kappa shape index (κ1) is 17.2. The number of nitrogens with one attached hydrogen (secondary N) is 2. The molecule has 0 saturated carbocycles. The van der Waals surface area contributed by atoms with Crippen molar-refractivity contribution in [3.05, 3.63) is 24.0 Å². The number of ether oxygens (including phenoxy) is 2. The Labute approximate surface area is 145 Å². The number of nitrogens with zero attached hydrogens (tertiary/aromatic N) is 2. The normalized spacial score (nSPS) is 16.8. The molecule has 2 amide bonds. The standard InChI is InChI=1S/C17H22N4O4/c1-3-24-17(23)19-11-6-7-13-12(9-11)20-15(21(13)2)10-18-16(22)14-5-4-8-25-14/h6-7,9,14H,3-5,8,10H2,1-2H3,(H,18,22)(H,19,23). The summed E-state index contributed by atoms with van der Waals surface area (Å²) in [5, 5.41) is 5.52. The quantitative estimate of drug-likeness (QED) is 0.863. The maximum atomic E-state index is 12.0. The maximum Gasteiger partial charge on any atom is 0.411 e. The second-order valence-corrected chi connectivity index (χ2v) is 5.86. The molecular formula is C17H22N4O4. The highest BCUT2D eigenvalue weighted by Gasteiger charge is 2.23. The lowest BCUT2D eigenvalue weighted by Crippen LogP contribution is -2.34. The number of rotatable bonds is 5. The first-order valence-electron chi connectivity index (χ1n) is 8.37. The molecule has 1 aromatic carbocycles. The Morgan fingerprint density at radius 2 is 2.28 bits per heavy atom. The summed E-state index contributed by atoms with van der Waals surface area (Å²) in [4.78, 5) is 28.1. The van der Waals surface area contributed by atoms with Crippen LogP contribution in [0, 0.1) is 0 Å². The van der Waals surface area contributed by atoms with Crippen LogP contribution in [0.3, 0.4) is 0 Å². The van der Waals surface area contributed by atoms with Gasteiger partial charge in [-0.25, -0.2) is 9.78 Å². The van der Waals surface area contributed by atoms with Crippen LogP contribution in [-0.4, -0.2) is 40.9 Å². The smallest absolute Gasteiger partial charge is 0.411 e. The van der Waals surface area contributed by atoms with Crippen molar-refractivity contribution in [2.45, 2.75) is 32.4 Å². The Morgan fingerprint density at radius 3 is 3.00 bits per heavy atom. The Balaban J connectivity index is 1.70. The van der Waals surface area contributed by atoms with Gasteiger partial charge in [-0.1, -0.05) is 0 Å². The molecule has 0 radical (unpaired) electrons. The summed E-state index contributed by atoms with van der Waals surface area (Å²) in [7, 11) is 1.89. The second-order valence-electron chi connectivity index (χ2n) is 5.86. The zero-order valence-electron chi connectivity index (χ0n) is 14.4. The average Bonchev–Trinajstić information content (AvgIpc) is 3.22. The van der Waals surface area contributed by atoms with Gasteiger partial charge in [0.1, 0.15) is 11.9 Å². The van der Waals surface area contributed by atoms with Gasteiger partial charge in [-0.15, -0.1) is 0 Å². The van der Waals surface area contributed by atoms with E-state index in [-0.39, 0.29) is 12.0 Å². The molecule has 1 aliphatic rings. The molecular weight excluding hydrogens is 324 g/mol. The van der Waals surface area contributed by atoms with Gasteiger partial charge in [-0.3, -0.25) is 10.1 Å². The molecule has 2 N–H and O–H groups in total. The summed E-state index contributed by atoms with van der Waals surface area (Å²) in [5.74, 6) is 0.629. The first-order valence-corrected chi connectivity index (χ1v) is 8.37. The van der Waals surface area contributed by atoms with E-state index in [9.17, 15) is 9.59 Å². The highest BCUT2D eigenvalue weighted by molar-refractivity contribution is 5.89. The maximum absolute atomic E-state index is 12.0. The average molecular weight is 346 g/mol. The summed E-state index contributed by atoms with van der Waals surface area (Å²) >= 11 is 0. The molecule has 1 saturated heterocycles. The fraction of sp³-hybridized carbons (Fsp3) is 0.471. The van der Waals surface area contributed by atoms with Gasteiger partial charge in [-0.2, -0.15) is 0 Å². The van der Waals surface area contributed by atoms with Gasteiger partial charge in [-0.05, 0) is 38.0 Å². The van der Waals surface area contributed by atoms with Crippen molar-refractivity contribution in [3.8, 4) is 0 Å². The van der Waals surface area contributed by atoms with E-state index < -0.39 is 6.09 Å². The van der Waals surface area contributed by atoms with Crippen molar-refractivity contribution in [1.82, 2.24) is 14.9 Å². The number of carbonyl (C=O) groups is 2. The van der Waals surface area contributed by atoms with Crippen LogP contribution in [0.1, 0.15) is 25.6 Å².